The van der Waals surface area contributed by atoms with Crippen LogP contribution in [0.2, 0.25) is 0 Å². The van der Waals surface area contributed by atoms with E-state index < -0.39 is 0 Å². The molecule has 0 saturated carbocycles. The maximum atomic E-state index is 5.53. The zero-order valence-electron chi connectivity index (χ0n) is 10.5. The van der Waals surface area contributed by atoms with E-state index in [1.54, 1.807) is 0 Å². The molecule has 0 unspecified atom stereocenters. The molecule has 0 saturated heterocycles. The Morgan fingerprint density at radius 3 is 2.53 bits per heavy atom. The maximum Gasteiger partial charge on any atom is 0.258 e. The molecule has 0 amide bonds. The molecule has 19 heavy (non-hydrogen) atoms. The number of aromatic nitrogens is 3. The molecule has 0 aliphatic heterocycles. The molecular formula is C15H13N3O. The normalized spacial score (nSPS) is 10.4. The van der Waals surface area contributed by atoms with Gasteiger partial charge in [0.05, 0.1) is 0 Å². The van der Waals surface area contributed by atoms with Crippen LogP contribution in [0.4, 0.5) is 0 Å². The largest absolute Gasteiger partial charge is 0.436 e. The van der Waals surface area contributed by atoms with Crippen molar-refractivity contribution in [3.8, 4) is 22.8 Å². The van der Waals surface area contributed by atoms with Gasteiger partial charge < -0.3 is 4.74 Å². The smallest absolute Gasteiger partial charge is 0.258 e. The van der Waals surface area contributed by atoms with Gasteiger partial charge in [-0.15, -0.1) is 5.10 Å². The Labute approximate surface area is 111 Å². The number of rotatable bonds is 3. The van der Waals surface area contributed by atoms with Gasteiger partial charge in [0.15, 0.2) is 0 Å². The van der Waals surface area contributed by atoms with Crippen LogP contribution in [0.3, 0.4) is 0 Å². The molecule has 0 spiro atoms. The standard InChI is InChI=1S/C15H13N3O/c1-11-3-2-4-13(9-11)12-5-7-14(8-6-12)19-15-10-16-18-17-15/h2-10H,1H3,(H,16,17,18). The highest BCUT2D eigenvalue weighted by atomic mass is 16.5. The number of hydrogen-bond donors (Lipinski definition) is 1. The van der Waals surface area contributed by atoms with Crippen molar-refractivity contribution in [2.24, 2.45) is 0 Å². The van der Waals surface area contributed by atoms with Crippen LogP contribution in [-0.4, -0.2) is 15.4 Å². The van der Waals surface area contributed by atoms with Gasteiger partial charge in [-0.1, -0.05) is 42.0 Å². The Morgan fingerprint density at radius 2 is 1.84 bits per heavy atom. The molecule has 1 N–H and O–H groups in total. The van der Waals surface area contributed by atoms with Crippen LogP contribution < -0.4 is 4.74 Å². The van der Waals surface area contributed by atoms with Crippen molar-refractivity contribution in [2.75, 3.05) is 0 Å². The monoisotopic (exact) mass is 251 g/mol. The summed E-state index contributed by atoms with van der Waals surface area (Å²) in [4.78, 5) is 0. The molecule has 0 radical (unpaired) electrons. The number of aryl methyl sites for hydroxylation is 1. The van der Waals surface area contributed by atoms with E-state index >= 15 is 0 Å². The van der Waals surface area contributed by atoms with E-state index in [1.165, 1.54) is 17.3 Å². The third-order valence-corrected chi connectivity index (χ3v) is 2.82. The number of nitrogens with zero attached hydrogens (tertiary/aromatic N) is 2. The molecule has 3 aromatic rings. The van der Waals surface area contributed by atoms with E-state index in [4.69, 9.17) is 4.74 Å². The second-order valence-electron chi connectivity index (χ2n) is 4.30. The van der Waals surface area contributed by atoms with Crippen LogP contribution in [0.25, 0.3) is 11.1 Å². The predicted octanol–water partition coefficient (Wildman–Crippen LogP) is 3.57. The van der Waals surface area contributed by atoms with E-state index in [0.717, 1.165) is 11.3 Å². The quantitative estimate of drug-likeness (QED) is 0.774. The molecule has 4 nitrogen and oxygen atoms in total. The third-order valence-electron chi connectivity index (χ3n) is 2.82. The van der Waals surface area contributed by atoms with Gasteiger partial charge in [-0.3, -0.25) is 0 Å². The molecule has 1 heterocycles. The predicted molar refractivity (Wildman–Crippen MR) is 73.1 cm³/mol. The Hall–Kier alpha value is -2.62. The van der Waals surface area contributed by atoms with E-state index in [0.29, 0.717) is 5.88 Å². The van der Waals surface area contributed by atoms with E-state index in [-0.39, 0.29) is 0 Å². The zero-order valence-corrected chi connectivity index (χ0v) is 10.5. The van der Waals surface area contributed by atoms with Crippen molar-refractivity contribution in [1.29, 1.82) is 0 Å². The molecular weight excluding hydrogens is 238 g/mol. The lowest BCUT2D eigenvalue weighted by Crippen LogP contribution is -1.85. The summed E-state index contributed by atoms with van der Waals surface area (Å²) in [5.74, 6) is 1.20. The maximum absolute atomic E-state index is 5.53. The summed E-state index contributed by atoms with van der Waals surface area (Å²) < 4.78 is 5.53. The average molecular weight is 251 g/mol. The highest BCUT2D eigenvalue weighted by Gasteiger charge is 2.01. The first-order valence-electron chi connectivity index (χ1n) is 6.02. The van der Waals surface area contributed by atoms with Crippen LogP contribution in [0.5, 0.6) is 11.6 Å². The minimum atomic E-state index is 0.461. The van der Waals surface area contributed by atoms with E-state index in [2.05, 4.69) is 46.6 Å². The minimum Gasteiger partial charge on any atom is -0.436 e. The fourth-order valence-electron chi connectivity index (χ4n) is 1.90. The molecule has 4 heteroatoms. The van der Waals surface area contributed by atoms with E-state index in [9.17, 15) is 0 Å². The molecule has 0 bridgehead atoms. The van der Waals surface area contributed by atoms with Gasteiger partial charge in [-0.25, -0.2) is 0 Å². The topological polar surface area (TPSA) is 50.8 Å². The second-order valence-corrected chi connectivity index (χ2v) is 4.30. The highest BCUT2D eigenvalue weighted by Crippen LogP contribution is 2.25. The third kappa shape index (κ3) is 2.63. The van der Waals surface area contributed by atoms with Crippen molar-refractivity contribution >= 4 is 0 Å². The highest BCUT2D eigenvalue weighted by molar-refractivity contribution is 5.64. The van der Waals surface area contributed by atoms with Gasteiger partial charge in [0.1, 0.15) is 11.9 Å². The van der Waals surface area contributed by atoms with Crippen molar-refractivity contribution in [3.05, 3.63) is 60.3 Å². The van der Waals surface area contributed by atoms with Crippen molar-refractivity contribution in [1.82, 2.24) is 15.4 Å². The summed E-state index contributed by atoms with van der Waals surface area (Å²) >= 11 is 0. The molecule has 2 aromatic carbocycles. The molecule has 3 rings (SSSR count). The molecule has 0 fully saturated rings. The van der Waals surface area contributed by atoms with Crippen LogP contribution in [0.15, 0.2) is 54.7 Å². The van der Waals surface area contributed by atoms with Crippen molar-refractivity contribution in [3.63, 3.8) is 0 Å². The SMILES string of the molecule is Cc1cccc(-c2ccc(Oc3cn[nH]n3)cc2)c1. The Morgan fingerprint density at radius 1 is 1.00 bits per heavy atom. The second kappa shape index (κ2) is 4.94. The Kier molecular flexibility index (Phi) is 2.98. The van der Waals surface area contributed by atoms with E-state index in [1.807, 2.05) is 24.3 Å². The number of benzene rings is 2. The summed E-state index contributed by atoms with van der Waals surface area (Å²) in [5.41, 5.74) is 3.62. The first-order valence-corrected chi connectivity index (χ1v) is 6.02. The number of ether oxygens (including phenoxy) is 1. The number of hydrogen-bond acceptors (Lipinski definition) is 3. The van der Waals surface area contributed by atoms with Gasteiger partial charge in [0.2, 0.25) is 0 Å². The average Bonchev–Trinajstić information content (AvgIpc) is 2.92. The van der Waals surface area contributed by atoms with Gasteiger partial charge in [-0.2, -0.15) is 10.3 Å². The lowest BCUT2D eigenvalue weighted by atomic mass is 10.0. The summed E-state index contributed by atoms with van der Waals surface area (Å²) in [6.07, 6.45) is 1.54. The summed E-state index contributed by atoms with van der Waals surface area (Å²) in [6.45, 7) is 2.09. The first kappa shape index (κ1) is 11.5. The molecule has 0 atom stereocenters. The zero-order chi connectivity index (χ0) is 13.1. The van der Waals surface area contributed by atoms with Crippen LogP contribution in [0, 0.1) is 6.92 Å². The molecule has 94 valence electrons. The van der Waals surface area contributed by atoms with Gasteiger partial charge >= 0.3 is 0 Å². The fourth-order valence-corrected chi connectivity index (χ4v) is 1.90. The minimum absolute atomic E-state index is 0.461. The van der Waals surface area contributed by atoms with Crippen LogP contribution >= 0.6 is 0 Å². The van der Waals surface area contributed by atoms with Gasteiger partial charge in [-0.05, 0) is 30.2 Å². The summed E-state index contributed by atoms with van der Waals surface area (Å²) in [7, 11) is 0. The lowest BCUT2D eigenvalue weighted by Gasteiger charge is -2.05. The fraction of sp³-hybridized carbons (Fsp3) is 0.0667. The van der Waals surface area contributed by atoms with Gasteiger partial charge in [0, 0.05) is 0 Å². The van der Waals surface area contributed by atoms with Crippen LogP contribution in [0.1, 0.15) is 5.56 Å². The molecule has 0 aliphatic carbocycles. The molecule has 1 aromatic heterocycles. The molecule has 0 aliphatic rings. The van der Waals surface area contributed by atoms with Crippen molar-refractivity contribution in [2.45, 2.75) is 6.92 Å². The number of nitrogens with one attached hydrogen (secondary N) is 1. The van der Waals surface area contributed by atoms with Gasteiger partial charge in [0.25, 0.3) is 5.88 Å². The number of aromatic amines is 1. The number of H-pyrrole nitrogens is 1. The Bertz CT molecular complexity index is 660. The summed E-state index contributed by atoms with van der Waals surface area (Å²) in [6, 6.07) is 16.3. The van der Waals surface area contributed by atoms with Crippen LogP contribution in [-0.2, 0) is 0 Å². The lowest BCUT2D eigenvalue weighted by molar-refractivity contribution is 0.461. The first-order chi connectivity index (χ1) is 9.31. The summed E-state index contributed by atoms with van der Waals surface area (Å²) in [5, 5.41) is 10.0. The Balaban J connectivity index is 1.82. The van der Waals surface area contributed by atoms with Crippen molar-refractivity contribution < 1.29 is 4.74 Å².